The van der Waals surface area contributed by atoms with E-state index < -0.39 is 37.8 Å². The fraction of sp³-hybridized carbons (Fsp3) is 0.986. The molecule has 3 unspecified atom stereocenters. The standard InChI is InChI=1S/C73H139N24P8/c74-78-85-102(71-57-33-11-34-58-71,72-59-35-12-36-60-72)90-104(86-96(79-75)101(69-53-29-9-30-54-69)70-55-31-10-32-56-70)91-103(77-73(61-37-13-1-14-38-61)62-39-15-2-16-40-62,87-98-83-81-94(63-41-17-3-18-42-63)64-43-19-4-20-44-64)92-105(93-104,88-99-84-82-95(65-45-21-5-22-46-65)66-47-23-6-24-48-66)89-100-97(80-76,67-49-25-7-26-50-67)68-51-27-8-28-52-68/h61-72,86H,1-60H2,(H6,74,75,76,78,79,80,81,82,83,84,85,87,88)/q+1/p+1. The van der Waals surface area contributed by atoms with Crippen LogP contribution in [0.4, 0.5) is 0 Å². The van der Waals surface area contributed by atoms with E-state index in [0.29, 0.717) is 56.9 Å². The van der Waals surface area contributed by atoms with Crippen molar-refractivity contribution in [3.05, 3.63) is 0 Å². The molecule has 0 aromatic heterocycles. The molecule has 0 aromatic rings. The lowest BCUT2D eigenvalue weighted by Gasteiger charge is -2.45. The molecule has 32 heteroatoms. The summed E-state index contributed by atoms with van der Waals surface area (Å²) in [4.78, 5) is 16.4. The van der Waals surface area contributed by atoms with Crippen LogP contribution >= 0.6 is 63.4 Å². The van der Waals surface area contributed by atoms with Gasteiger partial charge >= 0.3 is 31.0 Å². The van der Waals surface area contributed by atoms with Gasteiger partial charge in [0.2, 0.25) is 0 Å². The average Bonchev–Trinajstić information content (AvgIpc) is 0.719. The predicted molar refractivity (Wildman–Crippen MR) is 442 cm³/mol. The number of hydrazine groups is 2. The number of nitrogens with two attached hydrogens (primary N) is 3. The number of hydrogen-bond acceptors (Lipinski definition) is 14. The second kappa shape index (κ2) is 41.6. The summed E-state index contributed by atoms with van der Waals surface area (Å²) in [6, 6.07) is 1.88. The van der Waals surface area contributed by atoms with Crippen LogP contribution in [-0.4, -0.2) is 83.6 Å². The Balaban J connectivity index is 1.16. The molecule has 12 saturated carbocycles. The second-order valence-electron chi connectivity index (χ2n) is 34.4. The van der Waals surface area contributed by atoms with Crippen molar-refractivity contribution in [1.82, 2.24) is 20.7 Å². The molecule has 0 amide bonds. The molecule has 0 aromatic carbocycles. The summed E-state index contributed by atoms with van der Waals surface area (Å²) >= 11 is 0. The zero-order valence-electron chi connectivity index (χ0n) is 64.7. The Morgan fingerprint density at radius 2 is 0.771 bits per heavy atom. The second-order valence-corrected chi connectivity index (χ2v) is 50.3. The van der Waals surface area contributed by atoms with E-state index in [9.17, 15) is 0 Å². The summed E-state index contributed by atoms with van der Waals surface area (Å²) in [5.41, 5.74) is 6.03. The lowest BCUT2D eigenvalue weighted by Crippen LogP contribution is -2.65. The van der Waals surface area contributed by atoms with Gasteiger partial charge in [-0.25, -0.2) is 10.6 Å². The van der Waals surface area contributed by atoms with E-state index >= 15 is 0 Å². The van der Waals surface area contributed by atoms with Crippen LogP contribution in [0.5, 0.6) is 0 Å². The van der Waals surface area contributed by atoms with Gasteiger partial charge in [0.05, 0.1) is 0 Å². The first-order valence-corrected chi connectivity index (χ1v) is 54.4. The first-order valence-electron chi connectivity index (χ1n) is 43.9. The molecule has 1 heterocycles. The van der Waals surface area contributed by atoms with Crippen molar-refractivity contribution >= 4 is 69.1 Å². The maximum Gasteiger partial charge on any atom is 0.325 e. The third kappa shape index (κ3) is 21.3. The molecule has 3 atom stereocenters. The van der Waals surface area contributed by atoms with Crippen molar-refractivity contribution in [2.45, 2.75) is 444 Å². The van der Waals surface area contributed by atoms with Crippen LogP contribution in [0.15, 0.2) is 71.9 Å². The molecule has 12 aliphatic carbocycles. The Labute approximate surface area is 640 Å². The van der Waals surface area contributed by atoms with Crippen molar-refractivity contribution < 1.29 is 8.94 Å². The molecule has 8 N–H and O–H groups in total. The van der Waals surface area contributed by atoms with Crippen molar-refractivity contribution in [3.8, 4) is 0 Å². The van der Waals surface area contributed by atoms with E-state index in [-0.39, 0.29) is 35.2 Å². The van der Waals surface area contributed by atoms with Gasteiger partial charge in [-0.05, 0) is 171 Å². The van der Waals surface area contributed by atoms with Gasteiger partial charge in [0, 0.05) is 78.2 Å². The van der Waals surface area contributed by atoms with E-state index in [0.717, 1.165) is 214 Å². The molecule has 0 spiro atoms. The monoisotopic (exact) mass is 1600 g/mol. The van der Waals surface area contributed by atoms with Crippen LogP contribution in [0.25, 0.3) is 0 Å². The Hall–Kier alpha value is -1.40. The SMILES string of the molecule is NN=NP(=NP1(N[N+](=NN)P(C2CCCCC2)C2CCCCC2)=NP(N=PN=NN(C2CCCCC2)C2CCCCC2)(N=C(C2CCCCC2)C2CCCCC2)=NP(N=PN=NN(C2CCCCC2)C2CCCCC2)(N=P[N+](NN)(C2CCCCC2)C2CCCCC2)=N1)(C1CCCCC1)C1CCCCC1. The smallest absolute Gasteiger partial charge is 0.305 e. The number of nitrogens with one attached hydrogen (secondary N) is 2. The minimum absolute atomic E-state index is 0.136. The third-order valence-corrected chi connectivity index (χ3v) is 48.5. The van der Waals surface area contributed by atoms with Gasteiger partial charge in [0.15, 0.2) is 25.1 Å². The minimum atomic E-state index is -4.05. The van der Waals surface area contributed by atoms with Crippen LogP contribution in [0.2, 0.25) is 0 Å². The van der Waals surface area contributed by atoms with Gasteiger partial charge in [0.25, 0.3) is 0 Å². The molecule has 12 fully saturated rings. The maximum atomic E-state index is 7.39. The van der Waals surface area contributed by atoms with Crippen molar-refractivity contribution in [2.24, 2.45) is 101 Å². The largest absolute Gasteiger partial charge is 0.325 e. The van der Waals surface area contributed by atoms with Gasteiger partial charge in [-0.15, -0.1) is 9.40 Å². The quantitative estimate of drug-likeness (QED) is 0.0174. The average molecular weight is 1600 g/mol. The Morgan fingerprint density at radius 3 is 1.14 bits per heavy atom. The van der Waals surface area contributed by atoms with Crippen LogP contribution in [-0.2, 0) is 0 Å². The van der Waals surface area contributed by atoms with Gasteiger partial charge in [-0.3, -0.25) is 10.0 Å². The van der Waals surface area contributed by atoms with Crippen LogP contribution in [0, 0.1) is 11.8 Å². The first-order chi connectivity index (χ1) is 51.8. The molecular formula is C73H140N24P8+2. The summed E-state index contributed by atoms with van der Waals surface area (Å²) < 4.78 is 54.6. The molecule has 0 radical (unpaired) electrons. The highest BCUT2D eigenvalue weighted by Gasteiger charge is 2.52. The summed E-state index contributed by atoms with van der Waals surface area (Å²) in [5.74, 6) is 22.1. The molecule has 590 valence electrons. The number of rotatable bonds is 27. The fourth-order valence-electron chi connectivity index (χ4n) is 21.9. The van der Waals surface area contributed by atoms with Crippen molar-refractivity contribution in [1.29, 1.82) is 0 Å². The van der Waals surface area contributed by atoms with Crippen LogP contribution < -0.4 is 28.3 Å². The van der Waals surface area contributed by atoms with Crippen LogP contribution in [0.3, 0.4) is 0 Å². The van der Waals surface area contributed by atoms with E-state index in [1.165, 1.54) is 185 Å². The van der Waals surface area contributed by atoms with Gasteiger partial charge in [-0.1, -0.05) is 236 Å². The van der Waals surface area contributed by atoms with E-state index in [2.05, 4.69) is 30.5 Å². The predicted octanol–water partition coefficient (Wildman–Crippen LogP) is 28.1. The molecule has 105 heavy (non-hydrogen) atoms. The molecule has 24 nitrogen and oxygen atoms in total. The topological polar surface area (TPSA) is 297 Å². The fourth-order valence-corrected chi connectivity index (χ4v) is 46.6. The maximum absolute atomic E-state index is 7.39. The normalized spacial score (nSPS) is 30.2. The Morgan fingerprint density at radius 1 is 0.419 bits per heavy atom. The lowest BCUT2D eigenvalue weighted by atomic mass is 9.76. The molecule has 0 saturated heterocycles. The molecule has 0 bridgehead atoms. The summed E-state index contributed by atoms with van der Waals surface area (Å²) in [5, 5.41) is 30.0. The molecule has 13 rings (SSSR count). The van der Waals surface area contributed by atoms with Gasteiger partial charge in [-0.2, -0.15) is 42.5 Å². The third-order valence-electron chi connectivity index (χ3n) is 27.4. The first kappa shape index (κ1) is 81.6. The summed E-state index contributed by atoms with van der Waals surface area (Å²) in [6.07, 6.45) is 69.8. The van der Waals surface area contributed by atoms with Gasteiger partial charge < -0.3 is 5.84 Å². The van der Waals surface area contributed by atoms with E-state index in [1.54, 1.807) is 0 Å². The lowest BCUT2D eigenvalue weighted by molar-refractivity contribution is -0.903. The van der Waals surface area contributed by atoms with Crippen LogP contribution in [0.1, 0.15) is 385 Å². The van der Waals surface area contributed by atoms with E-state index in [1.807, 2.05) is 0 Å². The summed E-state index contributed by atoms with van der Waals surface area (Å²) in [6.45, 7) is 0. The Bertz CT molecular complexity index is 3050. The van der Waals surface area contributed by atoms with Crippen molar-refractivity contribution in [2.75, 3.05) is 0 Å². The molecule has 1 aliphatic heterocycles. The Kier molecular flexibility index (Phi) is 32.3. The summed E-state index contributed by atoms with van der Waals surface area (Å²) in [7, 11) is -14.5. The number of nitrogens with zero attached hydrogens (tertiary/aromatic N) is 19. The van der Waals surface area contributed by atoms with Gasteiger partial charge in [0.1, 0.15) is 24.5 Å². The zero-order chi connectivity index (χ0) is 71.9. The van der Waals surface area contributed by atoms with E-state index in [4.69, 9.17) is 84.2 Å². The molecular weight excluding hydrogens is 1460 g/mol. The zero-order valence-corrected chi connectivity index (χ0v) is 71.8. The van der Waals surface area contributed by atoms with Crippen molar-refractivity contribution in [3.63, 3.8) is 0 Å². The molecule has 13 aliphatic rings. The minimum Gasteiger partial charge on any atom is -0.305 e. The highest BCUT2D eigenvalue weighted by Crippen LogP contribution is 2.85. The highest BCUT2D eigenvalue weighted by molar-refractivity contribution is 7.88. The highest BCUT2D eigenvalue weighted by atomic mass is 31.3. The number of quaternary nitrogens is 1. The number of hydrogen-bond donors (Lipinski definition) is 5.